The van der Waals surface area contributed by atoms with Gasteiger partial charge in [-0.05, 0) is 36.8 Å². The van der Waals surface area contributed by atoms with Gasteiger partial charge in [-0.25, -0.2) is 0 Å². The summed E-state index contributed by atoms with van der Waals surface area (Å²) in [7, 11) is 1.42. The highest BCUT2D eigenvalue weighted by molar-refractivity contribution is 6.41. The van der Waals surface area contributed by atoms with Crippen molar-refractivity contribution in [1.29, 1.82) is 0 Å². The van der Waals surface area contributed by atoms with E-state index < -0.39 is 11.8 Å². The lowest BCUT2D eigenvalue weighted by molar-refractivity contribution is -0.135. The van der Waals surface area contributed by atoms with Gasteiger partial charge in [0.2, 0.25) is 0 Å². The second-order valence-corrected chi connectivity index (χ2v) is 6.91. The number of carbonyl (C=O) groups is 2. The normalized spacial score (nSPS) is 14.5. The molecule has 0 aromatic heterocycles. The van der Waals surface area contributed by atoms with Crippen LogP contribution in [0.4, 0.5) is 5.69 Å². The van der Waals surface area contributed by atoms with Crippen LogP contribution in [0.5, 0.6) is 0 Å². The molecule has 2 amide bonds. The summed E-state index contributed by atoms with van der Waals surface area (Å²) in [4.78, 5) is 26.2. The summed E-state index contributed by atoms with van der Waals surface area (Å²) in [6, 6.07) is 10.0. The molecule has 25 heavy (non-hydrogen) atoms. The fourth-order valence-corrected chi connectivity index (χ4v) is 3.24. The summed E-state index contributed by atoms with van der Waals surface area (Å²) in [5.74, 6) is -0.873. The van der Waals surface area contributed by atoms with Gasteiger partial charge in [-0.2, -0.15) is 0 Å². The van der Waals surface area contributed by atoms with Crippen LogP contribution in [0.2, 0.25) is 15.1 Å². The quantitative estimate of drug-likeness (QED) is 0.761. The van der Waals surface area contributed by atoms with Crippen molar-refractivity contribution in [3.05, 3.63) is 68.3 Å². The Morgan fingerprint density at radius 1 is 0.920 bits per heavy atom. The van der Waals surface area contributed by atoms with Gasteiger partial charge < -0.3 is 5.32 Å². The molecule has 0 spiro atoms. The van der Waals surface area contributed by atoms with Crippen LogP contribution in [-0.2, 0) is 9.59 Å². The average Bonchev–Trinajstić information content (AvgIpc) is 2.76. The van der Waals surface area contributed by atoms with E-state index in [0.717, 1.165) is 10.5 Å². The number of amides is 2. The van der Waals surface area contributed by atoms with Crippen LogP contribution >= 0.6 is 34.8 Å². The number of rotatable bonds is 3. The molecule has 1 heterocycles. The number of anilines is 1. The SMILES string of the molecule is Cc1ccc(Cl)cc1NC1=C(c2ccc(Cl)cc2Cl)C(=O)N(C)C1=O. The molecule has 2 aromatic carbocycles. The molecule has 1 N–H and O–H groups in total. The maximum atomic E-state index is 12.6. The van der Waals surface area contributed by atoms with Crippen molar-refractivity contribution in [2.75, 3.05) is 12.4 Å². The highest BCUT2D eigenvalue weighted by Crippen LogP contribution is 2.35. The van der Waals surface area contributed by atoms with E-state index in [1.807, 2.05) is 13.0 Å². The first kappa shape index (κ1) is 17.8. The molecule has 0 saturated heterocycles. The van der Waals surface area contributed by atoms with Gasteiger partial charge in [0, 0.05) is 28.3 Å². The zero-order chi connectivity index (χ0) is 18.3. The number of likely N-dealkylation sites (N-methyl/N-ethyl adjacent to an activating group) is 1. The molecule has 0 saturated carbocycles. The molecule has 0 fully saturated rings. The second-order valence-electron chi connectivity index (χ2n) is 5.63. The van der Waals surface area contributed by atoms with Crippen LogP contribution in [0.3, 0.4) is 0 Å². The Hall–Kier alpha value is -2.01. The minimum atomic E-state index is -0.439. The molecule has 7 heteroatoms. The van der Waals surface area contributed by atoms with Gasteiger partial charge in [-0.1, -0.05) is 46.9 Å². The topological polar surface area (TPSA) is 49.4 Å². The van der Waals surface area contributed by atoms with Gasteiger partial charge in [0.25, 0.3) is 11.8 Å². The Bertz CT molecular complexity index is 938. The number of benzene rings is 2. The van der Waals surface area contributed by atoms with E-state index in [0.29, 0.717) is 26.3 Å². The zero-order valence-electron chi connectivity index (χ0n) is 13.4. The summed E-state index contributed by atoms with van der Waals surface area (Å²) >= 11 is 18.2. The maximum Gasteiger partial charge on any atom is 0.277 e. The lowest BCUT2D eigenvalue weighted by Gasteiger charge is -2.12. The smallest absolute Gasteiger partial charge is 0.277 e. The van der Waals surface area contributed by atoms with Gasteiger partial charge >= 0.3 is 0 Å². The highest BCUT2D eigenvalue weighted by atomic mass is 35.5. The van der Waals surface area contributed by atoms with Gasteiger partial charge in [0.1, 0.15) is 5.70 Å². The van der Waals surface area contributed by atoms with E-state index in [9.17, 15) is 9.59 Å². The monoisotopic (exact) mass is 394 g/mol. The lowest BCUT2D eigenvalue weighted by atomic mass is 10.0. The number of halogens is 3. The third-order valence-corrected chi connectivity index (χ3v) is 4.73. The van der Waals surface area contributed by atoms with Gasteiger partial charge in [-0.15, -0.1) is 0 Å². The Balaban J connectivity index is 2.17. The number of hydrogen-bond donors (Lipinski definition) is 1. The summed E-state index contributed by atoms with van der Waals surface area (Å²) in [6.45, 7) is 1.87. The lowest BCUT2D eigenvalue weighted by Crippen LogP contribution is -2.28. The first-order chi connectivity index (χ1) is 11.8. The highest BCUT2D eigenvalue weighted by Gasteiger charge is 2.37. The number of hydrogen-bond acceptors (Lipinski definition) is 3. The number of imide groups is 1. The molecule has 0 radical (unpaired) electrons. The third-order valence-electron chi connectivity index (χ3n) is 3.95. The van der Waals surface area contributed by atoms with Crippen LogP contribution in [0.1, 0.15) is 11.1 Å². The number of nitrogens with zero attached hydrogens (tertiary/aromatic N) is 1. The van der Waals surface area contributed by atoms with E-state index in [4.69, 9.17) is 34.8 Å². The zero-order valence-corrected chi connectivity index (χ0v) is 15.6. The van der Waals surface area contributed by atoms with E-state index in [1.165, 1.54) is 13.1 Å². The molecule has 3 rings (SSSR count). The Morgan fingerprint density at radius 2 is 1.56 bits per heavy atom. The molecule has 4 nitrogen and oxygen atoms in total. The fraction of sp³-hybridized carbons (Fsp3) is 0.111. The first-order valence-electron chi connectivity index (χ1n) is 7.35. The predicted octanol–water partition coefficient (Wildman–Crippen LogP) is 4.78. The second kappa shape index (κ2) is 6.71. The average molecular weight is 396 g/mol. The van der Waals surface area contributed by atoms with Gasteiger partial charge in [0.05, 0.1) is 10.6 Å². The van der Waals surface area contributed by atoms with E-state index in [1.54, 1.807) is 24.3 Å². The summed E-state index contributed by atoms with van der Waals surface area (Å²) < 4.78 is 0. The number of aryl methyl sites for hydroxylation is 1. The molecule has 1 aliphatic heterocycles. The Morgan fingerprint density at radius 3 is 2.24 bits per heavy atom. The Labute approximate surface area is 160 Å². The van der Waals surface area contributed by atoms with Gasteiger partial charge in [-0.3, -0.25) is 14.5 Å². The van der Waals surface area contributed by atoms with E-state index in [2.05, 4.69) is 5.32 Å². The molecule has 128 valence electrons. The molecular formula is C18H13Cl3N2O2. The van der Waals surface area contributed by atoms with E-state index in [-0.39, 0.29) is 11.3 Å². The summed E-state index contributed by atoms with van der Waals surface area (Å²) in [5.41, 5.74) is 2.32. The van der Waals surface area contributed by atoms with Crippen LogP contribution in [0.25, 0.3) is 5.57 Å². The Kier molecular flexibility index (Phi) is 4.78. The van der Waals surface area contributed by atoms with Crippen LogP contribution in [0.15, 0.2) is 42.1 Å². The van der Waals surface area contributed by atoms with Crippen molar-refractivity contribution in [3.8, 4) is 0 Å². The fourth-order valence-electron chi connectivity index (χ4n) is 2.56. The van der Waals surface area contributed by atoms with E-state index >= 15 is 0 Å². The molecule has 0 bridgehead atoms. The standard InChI is InChI=1S/C18H13Cl3N2O2/c1-9-3-4-11(20)8-14(9)22-16-15(17(24)23(2)18(16)25)12-6-5-10(19)7-13(12)21/h3-8,22H,1-2H3. The largest absolute Gasteiger partial charge is 0.350 e. The minimum Gasteiger partial charge on any atom is -0.350 e. The van der Waals surface area contributed by atoms with Crippen molar-refractivity contribution in [3.63, 3.8) is 0 Å². The van der Waals surface area contributed by atoms with Crippen molar-refractivity contribution in [2.45, 2.75) is 6.92 Å². The minimum absolute atomic E-state index is 0.155. The van der Waals surface area contributed by atoms with Crippen molar-refractivity contribution < 1.29 is 9.59 Å². The van der Waals surface area contributed by atoms with Crippen molar-refractivity contribution in [2.24, 2.45) is 0 Å². The summed E-state index contributed by atoms with van der Waals surface area (Å²) in [5, 5.41) is 4.30. The first-order valence-corrected chi connectivity index (χ1v) is 8.48. The van der Waals surface area contributed by atoms with Crippen LogP contribution < -0.4 is 5.32 Å². The van der Waals surface area contributed by atoms with Gasteiger partial charge in [0.15, 0.2) is 0 Å². The van der Waals surface area contributed by atoms with Crippen molar-refractivity contribution >= 4 is 57.9 Å². The predicted molar refractivity (Wildman–Crippen MR) is 101 cm³/mol. The third kappa shape index (κ3) is 3.25. The molecule has 0 atom stereocenters. The molecule has 2 aromatic rings. The molecular weight excluding hydrogens is 383 g/mol. The van der Waals surface area contributed by atoms with Crippen molar-refractivity contribution in [1.82, 2.24) is 4.90 Å². The maximum absolute atomic E-state index is 12.6. The number of nitrogens with one attached hydrogen (secondary N) is 1. The summed E-state index contributed by atoms with van der Waals surface area (Å²) in [6.07, 6.45) is 0. The molecule has 0 unspecified atom stereocenters. The van der Waals surface area contributed by atoms with Crippen LogP contribution in [0, 0.1) is 6.92 Å². The molecule has 0 aliphatic carbocycles. The number of carbonyl (C=O) groups excluding carboxylic acids is 2. The van der Waals surface area contributed by atoms with Crippen LogP contribution in [-0.4, -0.2) is 23.8 Å². The molecule has 1 aliphatic rings.